The van der Waals surface area contributed by atoms with E-state index in [1.54, 1.807) is 0 Å². The van der Waals surface area contributed by atoms with Crippen molar-refractivity contribution in [3.63, 3.8) is 0 Å². The van der Waals surface area contributed by atoms with Crippen LogP contribution >= 0.6 is 0 Å². The zero-order valence-electron chi connectivity index (χ0n) is 8.79. The Hall–Kier alpha value is -0.820. The molecule has 1 nitrogen and oxygen atoms in total. The fourth-order valence-electron chi connectivity index (χ4n) is 2.27. The second-order valence-corrected chi connectivity index (χ2v) is 4.19. The van der Waals surface area contributed by atoms with Crippen LogP contribution in [-0.4, -0.2) is 5.11 Å². The maximum Gasteiger partial charge on any atom is 0.0792 e. The molecule has 1 aliphatic carbocycles. The van der Waals surface area contributed by atoms with E-state index in [2.05, 4.69) is 25.1 Å². The van der Waals surface area contributed by atoms with E-state index < -0.39 is 0 Å². The topological polar surface area (TPSA) is 20.2 Å². The fourth-order valence-corrected chi connectivity index (χ4v) is 2.27. The van der Waals surface area contributed by atoms with Crippen molar-refractivity contribution in [2.75, 3.05) is 0 Å². The molecule has 0 saturated carbocycles. The first-order valence-electron chi connectivity index (χ1n) is 5.61. The highest BCUT2D eigenvalue weighted by atomic mass is 16.3. The van der Waals surface area contributed by atoms with Gasteiger partial charge in [-0.1, -0.05) is 31.5 Å². The van der Waals surface area contributed by atoms with Crippen molar-refractivity contribution in [3.05, 3.63) is 34.9 Å². The van der Waals surface area contributed by atoms with Crippen LogP contribution in [0.1, 0.15) is 49.0 Å². The molecule has 0 aromatic heterocycles. The van der Waals surface area contributed by atoms with E-state index in [-0.39, 0.29) is 6.10 Å². The molecule has 0 radical (unpaired) electrons. The predicted octanol–water partition coefficient (Wildman–Crippen LogP) is 3.01. The van der Waals surface area contributed by atoms with Crippen molar-refractivity contribution >= 4 is 0 Å². The Kier molecular flexibility index (Phi) is 2.87. The summed E-state index contributed by atoms with van der Waals surface area (Å²) in [6.07, 6.45) is 5.29. The fraction of sp³-hybridized carbons (Fsp3) is 0.538. The predicted molar refractivity (Wildman–Crippen MR) is 58.3 cm³/mol. The summed E-state index contributed by atoms with van der Waals surface area (Å²) in [5.41, 5.74) is 3.90. The highest BCUT2D eigenvalue weighted by Crippen LogP contribution is 2.30. The molecule has 0 bridgehead atoms. The molecule has 1 aromatic carbocycles. The highest BCUT2D eigenvalue weighted by molar-refractivity contribution is 5.35. The first-order valence-corrected chi connectivity index (χ1v) is 5.61. The Morgan fingerprint density at radius 1 is 1.43 bits per heavy atom. The molecule has 2 rings (SSSR count). The molecule has 76 valence electrons. The Morgan fingerprint density at radius 3 is 3.07 bits per heavy atom. The van der Waals surface area contributed by atoms with Gasteiger partial charge in [0.1, 0.15) is 0 Å². The van der Waals surface area contributed by atoms with Crippen LogP contribution in [0.15, 0.2) is 18.2 Å². The van der Waals surface area contributed by atoms with Crippen molar-refractivity contribution in [3.8, 4) is 0 Å². The molecular formula is C13H18O. The average Bonchev–Trinajstić information content (AvgIpc) is 2.20. The Balaban J connectivity index is 2.31. The number of rotatable bonds is 2. The van der Waals surface area contributed by atoms with Gasteiger partial charge in [-0.3, -0.25) is 0 Å². The number of aliphatic hydroxyl groups excluding tert-OH is 1. The van der Waals surface area contributed by atoms with Crippen LogP contribution < -0.4 is 0 Å². The van der Waals surface area contributed by atoms with Crippen LogP contribution in [0.25, 0.3) is 0 Å². The van der Waals surface area contributed by atoms with Gasteiger partial charge in [-0.2, -0.15) is 0 Å². The molecule has 0 amide bonds. The van der Waals surface area contributed by atoms with Crippen molar-refractivity contribution in [1.82, 2.24) is 0 Å². The molecule has 1 aliphatic rings. The summed E-state index contributed by atoms with van der Waals surface area (Å²) in [5, 5.41) is 9.85. The van der Waals surface area contributed by atoms with Crippen LogP contribution in [0.5, 0.6) is 0 Å². The number of benzene rings is 1. The number of aliphatic hydroxyl groups is 1. The van der Waals surface area contributed by atoms with E-state index in [0.29, 0.717) is 0 Å². The standard InChI is InChI=1S/C13H18O/c1-2-4-10-7-8-11-5-3-6-13(14)12(11)9-10/h7-9,13-14H,2-6H2,1H3/t13-/m1/s1. The summed E-state index contributed by atoms with van der Waals surface area (Å²) in [6, 6.07) is 6.60. The van der Waals surface area contributed by atoms with Gasteiger partial charge in [-0.25, -0.2) is 0 Å². The Bertz CT molecular complexity index is 317. The van der Waals surface area contributed by atoms with Gasteiger partial charge in [0, 0.05) is 0 Å². The summed E-state index contributed by atoms with van der Waals surface area (Å²) < 4.78 is 0. The zero-order valence-corrected chi connectivity index (χ0v) is 8.79. The molecule has 0 spiro atoms. The normalized spacial score (nSPS) is 20.6. The van der Waals surface area contributed by atoms with Crippen LogP contribution in [0, 0.1) is 0 Å². The number of hydrogen-bond donors (Lipinski definition) is 1. The van der Waals surface area contributed by atoms with Crippen LogP contribution in [-0.2, 0) is 12.8 Å². The van der Waals surface area contributed by atoms with E-state index in [9.17, 15) is 5.11 Å². The van der Waals surface area contributed by atoms with E-state index >= 15 is 0 Å². The third-order valence-corrected chi connectivity index (χ3v) is 3.03. The molecule has 0 heterocycles. The second kappa shape index (κ2) is 4.14. The molecule has 0 saturated heterocycles. The monoisotopic (exact) mass is 190 g/mol. The number of aryl methyl sites for hydroxylation is 2. The summed E-state index contributed by atoms with van der Waals surface area (Å²) in [7, 11) is 0. The minimum Gasteiger partial charge on any atom is -0.388 e. The molecule has 0 unspecified atom stereocenters. The largest absolute Gasteiger partial charge is 0.388 e. The maximum absolute atomic E-state index is 9.85. The summed E-state index contributed by atoms with van der Waals surface area (Å²) in [5.74, 6) is 0. The van der Waals surface area contributed by atoms with E-state index in [0.717, 1.165) is 25.7 Å². The molecule has 1 atom stereocenters. The average molecular weight is 190 g/mol. The van der Waals surface area contributed by atoms with E-state index in [1.807, 2.05) is 0 Å². The second-order valence-electron chi connectivity index (χ2n) is 4.19. The van der Waals surface area contributed by atoms with Gasteiger partial charge in [0.2, 0.25) is 0 Å². The molecule has 0 fully saturated rings. The first-order chi connectivity index (χ1) is 6.81. The van der Waals surface area contributed by atoms with E-state index in [1.165, 1.54) is 23.1 Å². The van der Waals surface area contributed by atoms with Crippen molar-refractivity contribution in [2.24, 2.45) is 0 Å². The number of fused-ring (bicyclic) bond motifs is 1. The quantitative estimate of drug-likeness (QED) is 0.760. The van der Waals surface area contributed by atoms with Crippen molar-refractivity contribution < 1.29 is 5.11 Å². The smallest absolute Gasteiger partial charge is 0.0792 e. The molecule has 1 heteroatoms. The van der Waals surface area contributed by atoms with Gasteiger partial charge in [-0.05, 0) is 42.4 Å². The molecular weight excluding hydrogens is 172 g/mol. The third-order valence-electron chi connectivity index (χ3n) is 3.03. The maximum atomic E-state index is 9.85. The van der Waals surface area contributed by atoms with Gasteiger partial charge in [0.05, 0.1) is 6.10 Å². The first kappa shape index (κ1) is 9.72. The molecule has 14 heavy (non-hydrogen) atoms. The lowest BCUT2D eigenvalue weighted by Gasteiger charge is -2.21. The van der Waals surface area contributed by atoms with Crippen LogP contribution in [0.2, 0.25) is 0 Å². The summed E-state index contributed by atoms with van der Waals surface area (Å²) >= 11 is 0. The third kappa shape index (κ3) is 1.83. The minimum absolute atomic E-state index is 0.212. The van der Waals surface area contributed by atoms with Gasteiger partial charge >= 0.3 is 0 Å². The summed E-state index contributed by atoms with van der Waals surface area (Å²) in [4.78, 5) is 0. The van der Waals surface area contributed by atoms with Crippen LogP contribution in [0.4, 0.5) is 0 Å². The Morgan fingerprint density at radius 2 is 2.29 bits per heavy atom. The van der Waals surface area contributed by atoms with Gasteiger partial charge in [-0.15, -0.1) is 0 Å². The SMILES string of the molecule is CCCc1ccc2c(c1)[C@H](O)CCC2. The van der Waals surface area contributed by atoms with Gasteiger partial charge in [0.15, 0.2) is 0 Å². The van der Waals surface area contributed by atoms with Crippen molar-refractivity contribution in [1.29, 1.82) is 0 Å². The minimum atomic E-state index is -0.212. The molecule has 0 aliphatic heterocycles. The Labute approximate surface area is 85.8 Å². The lowest BCUT2D eigenvalue weighted by molar-refractivity contribution is 0.156. The van der Waals surface area contributed by atoms with E-state index in [4.69, 9.17) is 0 Å². The number of hydrogen-bond acceptors (Lipinski definition) is 1. The molecule has 1 N–H and O–H groups in total. The van der Waals surface area contributed by atoms with Crippen LogP contribution in [0.3, 0.4) is 0 Å². The van der Waals surface area contributed by atoms with Gasteiger partial charge in [0.25, 0.3) is 0 Å². The summed E-state index contributed by atoms with van der Waals surface area (Å²) in [6.45, 7) is 2.19. The zero-order chi connectivity index (χ0) is 9.97. The highest BCUT2D eigenvalue weighted by Gasteiger charge is 2.17. The van der Waals surface area contributed by atoms with Gasteiger partial charge < -0.3 is 5.11 Å². The van der Waals surface area contributed by atoms with Crippen molar-refractivity contribution in [2.45, 2.75) is 45.1 Å². The lowest BCUT2D eigenvalue weighted by Crippen LogP contribution is -2.09. The molecule has 1 aromatic rings. The lowest BCUT2D eigenvalue weighted by atomic mass is 9.88.